The van der Waals surface area contributed by atoms with Crippen molar-refractivity contribution in [2.75, 3.05) is 0 Å². The van der Waals surface area contributed by atoms with E-state index in [-0.39, 0.29) is 37.1 Å². The molecule has 164 valence electrons. The molecule has 2 heterocycles. The Morgan fingerprint density at radius 1 is 1.19 bits per heavy atom. The van der Waals surface area contributed by atoms with Crippen LogP contribution >= 0.6 is 11.3 Å². The highest BCUT2D eigenvalue weighted by atomic mass is 32.1. The predicted octanol–water partition coefficient (Wildman–Crippen LogP) is 2.68. The molecular formula is C22H20FN5O3S. The van der Waals surface area contributed by atoms with Gasteiger partial charge in [-0.1, -0.05) is 24.3 Å². The Labute approximate surface area is 186 Å². The molecule has 0 aliphatic heterocycles. The first-order chi connectivity index (χ1) is 15.4. The summed E-state index contributed by atoms with van der Waals surface area (Å²) in [7, 11) is 0. The number of rotatable bonds is 7. The fraction of sp³-hybridized carbons (Fsp3) is 0.273. The Morgan fingerprint density at radius 2 is 1.94 bits per heavy atom. The number of hydrogen-bond acceptors (Lipinski definition) is 8. The number of fused-ring (bicyclic) bond motifs is 1. The number of carbonyl (C=O) groups is 1. The van der Waals surface area contributed by atoms with Crippen LogP contribution in [-0.2, 0) is 24.2 Å². The second-order valence-electron chi connectivity index (χ2n) is 7.89. The van der Waals surface area contributed by atoms with Crippen LogP contribution in [0.25, 0.3) is 21.3 Å². The van der Waals surface area contributed by atoms with Gasteiger partial charge in [0.15, 0.2) is 0 Å². The van der Waals surface area contributed by atoms with Crippen LogP contribution < -0.4 is 11.1 Å². The normalized spacial score (nSPS) is 14.6. The molecule has 10 heteroatoms. The number of halogens is 1. The zero-order valence-electron chi connectivity index (χ0n) is 17.0. The number of aliphatic hydroxyl groups is 1. The third-order valence-electron chi connectivity index (χ3n) is 5.29. The smallest absolute Gasteiger partial charge is 0.230 e. The Hall–Kier alpha value is -3.21. The molecule has 0 unspecified atom stereocenters. The lowest BCUT2D eigenvalue weighted by Gasteiger charge is -2.09. The van der Waals surface area contributed by atoms with Gasteiger partial charge in [-0.15, -0.1) is 21.5 Å². The molecule has 1 aliphatic rings. The Bertz CT molecular complexity index is 1300. The Kier molecular flexibility index (Phi) is 5.20. The molecule has 32 heavy (non-hydrogen) atoms. The van der Waals surface area contributed by atoms with E-state index in [4.69, 9.17) is 10.2 Å². The summed E-state index contributed by atoms with van der Waals surface area (Å²) in [6.45, 7) is -0.0597. The van der Waals surface area contributed by atoms with Gasteiger partial charge in [-0.2, -0.15) is 0 Å². The van der Waals surface area contributed by atoms with Gasteiger partial charge in [0.25, 0.3) is 0 Å². The van der Waals surface area contributed by atoms with Crippen LogP contribution in [0, 0.1) is 5.82 Å². The summed E-state index contributed by atoms with van der Waals surface area (Å²) in [5.41, 5.74) is 7.79. The van der Waals surface area contributed by atoms with Gasteiger partial charge >= 0.3 is 0 Å². The van der Waals surface area contributed by atoms with E-state index in [1.807, 2.05) is 0 Å². The molecule has 0 bridgehead atoms. The number of nitrogens with one attached hydrogen (secondary N) is 1. The lowest BCUT2D eigenvalue weighted by molar-refractivity contribution is -0.121. The molecule has 1 fully saturated rings. The first-order valence-electron chi connectivity index (χ1n) is 10.1. The van der Waals surface area contributed by atoms with E-state index < -0.39 is 5.66 Å². The highest BCUT2D eigenvalue weighted by Gasteiger charge is 2.39. The van der Waals surface area contributed by atoms with Crippen LogP contribution in [0.5, 0.6) is 0 Å². The van der Waals surface area contributed by atoms with Gasteiger partial charge in [0.1, 0.15) is 17.2 Å². The minimum absolute atomic E-state index is 0.0428. The highest BCUT2D eigenvalue weighted by molar-refractivity contribution is 7.18. The summed E-state index contributed by atoms with van der Waals surface area (Å²) in [5.74, 6) is -0.105. The van der Waals surface area contributed by atoms with Crippen molar-refractivity contribution >= 4 is 27.5 Å². The first-order valence-corrected chi connectivity index (χ1v) is 10.9. The van der Waals surface area contributed by atoms with E-state index in [2.05, 4.69) is 20.5 Å². The summed E-state index contributed by atoms with van der Waals surface area (Å²) in [6, 6.07) is 10.6. The molecule has 0 spiro atoms. The number of thiazole rings is 1. The summed E-state index contributed by atoms with van der Waals surface area (Å²) in [6.07, 6.45) is 1.73. The topological polar surface area (TPSA) is 127 Å². The van der Waals surface area contributed by atoms with Crippen LogP contribution in [0.15, 0.2) is 40.8 Å². The van der Waals surface area contributed by atoms with Crippen molar-refractivity contribution in [2.24, 2.45) is 5.73 Å². The fourth-order valence-electron chi connectivity index (χ4n) is 3.37. The van der Waals surface area contributed by atoms with Crippen LogP contribution in [-0.4, -0.2) is 31.9 Å². The predicted molar refractivity (Wildman–Crippen MR) is 116 cm³/mol. The average Bonchev–Trinajstić information content (AvgIpc) is 3.15. The molecule has 1 saturated carbocycles. The molecule has 1 aliphatic carbocycles. The Morgan fingerprint density at radius 3 is 2.66 bits per heavy atom. The Balaban J connectivity index is 1.32. The number of aromatic nitrogens is 3. The molecule has 0 radical (unpaired) electrons. The quantitative estimate of drug-likeness (QED) is 0.367. The molecule has 1 amide bonds. The highest BCUT2D eigenvalue weighted by Crippen LogP contribution is 2.33. The van der Waals surface area contributed by atoms with E-state index in [0.717, 1.165) is 24.0 Å². The minimum atomic E-state index is -0.593. The van der Waals surface area contributed by atoms with Gasteiger partial charge in [-0.05, 0) is 36.1 Å². The van der Waals surface area contributed by atoms with Crippen LogP contribution in [0.2, 0.25) is 0 Å². The van der Waals surface area contributed by atoms with E-state index in [1.165, 1.54) is 11.3 Å². The van der Waals surface area contributed by atoms with Crippen molar-refractivity contribution in [1.29, 1.82) is 0 Å². The van der Waals surface area contributed by atoms with Gasteiger partial charge in [0.2, 0.25) is 17.7 Å². The summed E-state index contributed by atoms with van der Waals surface area (Å²) in [5, 5.41) is 20.4. The molecule has 2 aromatic heterocycles. The van der Waals surface area contributed by atoms with Crippen LogP contribution in [0.4, 0.5) is 4.39 Å². The van der Waals surface area contributed by atoms with Crippen molar-refractivity contribution < 1.29 is 18.7 Å². The van der Waals surface area contributed by atoms with Crippen LogP contribution in [0.1, 0.15) is 35.2 Å². The van der Waals surface area contributed by atoms with Crippen molar-refractivity contribution in [3.05, 3.63) is 64.6 Å². The first kappa shape index (κ1) is 20.7. The van der Waals surface area contributed by atoms with Crippen molar-refractivity contribution in [3.63, 3.8) is 0 Å². The number of nitrogens with two attached hydrogens (primary N) is 1. The van der Waals surface area contributed by atoms with Gasteiger partial charge in [0.05, 0.1) is 28.9 Å². The minimum Gasteiger partial charge on any atom is -0.424 e. The van der Waals surface area contributed by atoms with E-state index >= 15 is 4.39 Å². The van der Waals surface area contributed by atoms with E-state index in [1.54, 1.807) is 36.4 Å². The fourth-order valence-corrected chi connectivity index (χ4v) is 4.37. The standard InChI is InChI=1S/C22H20FN5O3S/c23-20-14(13-3-1-12(11-29)2-4-13)5-6-15-21(20)32-19(25-15)10-18-28-27-17(31-18)9-16(30)26-22(24)7-8-22/h1-6,29H,7-11,24H2,(H,26,30). The zero-order chi connectivity index (χ0) is 22.3. The SMILES string of the molecule is NC1(NC(=O)Cc2nnc(Cc3nc4ccc(-c5ccc(CO)cc5)c(F)c4s3)o2)CC1. The third kappa shape index (κ3) is 4.24. The van der Waals surface area contributed by atoms with Crippen molar-refractivity contribution in [2.45, 2.75) is 38.0 Å². The molecule has 4 aromatic rings. The number of amides is 1. The van der Waals surface area contributed by atoms with E-state index in [9.17, 15) is 9.90 Å². The van der Waals surface area contributed by atoms with Gasteiger partial charge < -0.3 is 20.6 Å². The molecular weight excluding hydrogens is 433 g/mol. The second kappa shape index (κ2) is 8.05. The molecule has 0 saturated heterocycles. The lowest BCUT2D eigenvalue weighted by atomic mass is 10.0. The third-order valence-corrected chi connectivity index (χ3v) is 6.35. The van der Waals surface area contributed by atoms with Crippen LogP contribution in [0.3, 0.4) is 0 Å². The molecule has 8 nitrogen and oxygen atoms in total. The molecule has 0 atom stereocenters. The van der Waals surface area contributed by atoms with Gasteiger partial charge in [-0.25, -0.2) is 9.37 Å². The molecule has 4 N–H and O–H groups in total. The maximum Gasteiger partial charge on any atom is 0.230 e. The van der Waals surface area contributed by atoms with Gasteiger partial charge in [-0.3, -0.25) is 4.79 Å². The van der Waals surface area contributed by atoms with Crippen molar-refractivity contribution in [3.8, 4) is 11.1 Å². The second-order valence-corrected chi connectivity index (χ2v) is 8.97. The average molecular weight is 453 g/mol. The number of benzene rings is 2. The number of carbonyl (C=O) groups excluding carboxylic acids is 1. The molecule has 2 aromatic carbocycles. The largest absolute Gasteiger partial charge is 0.424 e. The lowest BCUT2D eigenvalue weighted by Crippen LogP contribution is -2.44. The van der Waals surface area contributed by atoms with E-state index in [0.29, 0.717) is 26.7 Å². The number of aliphatic hydroxyl groups excluding tert-OH is 1. The molecule has 5 rings (SSSR count). The van der Waals surface area contributed by atoms with Gasteiger partial charge in [0, 0.05) is 5.56 Å². The zero-order valence-corrected chi connectivity index (χ0v) is 17.8. The summed E-state index contributed by atoms with van der Waals surface area (Å²) >= 11 is 1.22. The summed E-state index contributed by atoms with van der Waals surface area (Å²) < 4.78 is 21.2. The number of nitrogens with zero attached hydrogens (tertiary/aromatic N) is 3. The van der Waals surface area contributed by atoms with Crippen molar-refractivity contribution in [1.82, 2.24) is 20.5 Å². The number of hydrogen-bond donors (Lipinski definition) is 3. The monoisotopic (exact) mass is 453 g/mol. The summed E-state index contributed by atoms with van der Waals surface area (Å²) in [4.78, 5) is 16.5. The maximum absolute atomic E-state index is 15.2. The maximum atomic E-state index is 15.2.